The van der Waals surface area contributed by atoms with Crippen molar-refractivity contribution in [1.82, 2.24) is 10.2 Å². The molecule has 3 atom stereocenters. The van der Waals surface area contributed by atoms with Crippen molar-refractivity contribution in [2.75, 3.05) is 40.5 Å². The van der Waals surface area contributed by atoms with Crippen molar-refractivity contribution in [3.8, 4) is 0 Å². The maximum Gasteiger partial charge on any atom is 0.0931 e. The minimum absolute atomic E-state index is 0.181. The van der Waals surface area contributed by atoms with Crippen molar-refractivity contribution in [2.24, 2.45) is 5.92 Å². The summed E-state index contributed by atoms with van der Waals surface area (Å²) in [4.78, 5) is 2.61. The summed E-state index contributed by atoms with van der Waals surface area (Å²) in [6.45, 7) is 8.56. The number of rotatable bonds is 7. The third kappa shape index (κ3) is 3.69. The zero-order valence-electron chi connectivity index (χ0n) is 12.9. The molecule has 1 saturated carbocycles. The van der Waals surface area contributed by atoms with E-state index in [1.807, 2.05) is 0 Å². The van der Waals surface area contributed by atoms with Crippen LogP contribution >= 0.6 is 0 Å². The van der Waals surface area contributed by atoms with Crippen LogP contribution < -0.4 is 5.32 Å². The number of nitrogens with one attached hydrogen (secondary N) is 1. The molecule has 112 valence electrons. The van der Waals surface area contributed by atoms with Crippen molar-refractivity contribution in [3.05, 3.63) is 0 Å². The predicted molar refractivity (Wildman–Crippen MR) is 77.5 cm³/mol. The lowest BCUT2D eigenvalue weighted by molar-refractivity contribution is -0.0216. The second kappa shape index (κ2) is 6.53. The molecule has 4 heteroatoms. The lowest BCUT2D eigenvalue weighted by Crippen LogP contribution is -2.64. The standard InChI is InChI=1S/C15H30N2O2/c1-5-13-8-16-15(2,12-6-7-12)11-17(13)9-14(19-4)10-18-3/h12-14,16H,5-11H2,1-4H3. The molecule has 0 aromatic carbocycles. The smallest absolute Gasteiger partial charge is 0.0931 e. The number of piperazine rings is 1. The second-order valence-electron chi connectivity index (χ2n) is 6.38. The average molecular weight is 270 g/mol. The van der Waals surface area contributed by atoms with Gasteiger partial charge in [-0.05, 0) is 32.1 Å². The zero-order chi connectivity index (χ0) is 13.9. The van der Waals surface area contributed by atoms with E-state index >= 15 is 0 Å². The minimum atomic E-state index is 0.181. The molecule has 1 N–H and O–H groups in total. The Labute approximate surface area is 117 Å². The average Bonchev–Trinajstić information content (AvgIpc) is 3.23. The van der Waals surface area contributed by atoms with Gasteiger partial charge in [-0.1, -0.05) is 6.92 Å². The van der Waals surface area contributed by atoms with E-state index in [0.717, 1.165) is 25.6 Å². The van der Waals surface area contributed by atoms with Gasteiger partial charge in [-0.25, -0.2) is 0 Å². The number of nitrogens with zero attached hydrogens (tertiary/aromatic N) is 1. The van der Waals surface area contributed by atoms with Gasteiger partial charge in [0.05, 0.1) is 12.7 Å². The molecule has 0 aromatic heterocycles. The van der Waals surface area contributed by atoms with E-state index < -0.39 is 0 Å². The summed E-state index contributed by atoms with van der Waals surface area (Å²) in [5, 5.41) is 3.80. The summed E-state index contributed by atoms with van der Waals surface area (Å²) >= 11 is 0. The first-order valence-electron chi connectivity index (χ1n) is 7.63. The van der Waals surface area contributed by atoms with Crippen LogP contribution in [0.15, 0.2) is 0 Å². The molecule has 0 bridgehead atoms. The maximum absolute atomic E-state index is 5.54. The highest BCUT2D eigenvalue weighted by Gasteiger charge is 2.45. The molecule has 2 fully saturated rings. The van der Waals surface area contributed by atoms with E-state index in [-0.39, 0.29) is 6.10 Å². The Kier molecular flexibility index (Phi) is 5.23. The first kappa shape index (κ1) is 15.2. The third-order valence-corrected chi connectivity index (χ3v) is 4.86. The first-order valence-corrected chi connectivity index (χ1v) is 7.63. The summed E-state index contributed by atoms with van der Waals surface area (Å²) in [6, 6.07) is 0.626. The van der Waals surface area contributed by atoms with Gasteiger partial charge in [-0.3, -0.25) is 4.90 Å². The first-order chi connectivity index (χ1) is 9.12. The third-order valence-electron chi connectivity index (χ3n) is 4.86. The largest absolute Gasteiger partial charge is 0.382 e. The van der Waals surface area contributed by atoms with Crippen LogP contribution in [0.25, 0.3) is 0 Å². The Bertz CT molecular complexity index is 283. The van der Waals surface area contributed by atoms with Crippen LogP contribution in [-0.4, -0.2) is 63.0 Å². The summed E-state index contributed by atoms with van der Waals surface area (Å²) < 4.78 is 10.8. The van der Waals surface area contributed by atoms with Crippen LogP contribution in [0, 0.1) is 5.92 Å². The highest BCUT2D eigenvalue weighted by Crippen LogP contribution is 2.41. The molecule has 1 aliphatic heterocycles. The van der Waals surface area contributed by atoms with Gasteiger partial charge < -0.3 is 14.8 Å². The Morgan fingerprint density at radius 2 is 2.11 bits per heavy atom. The molecule has 2 rings (SSSR count). The van der Waals surface area contributed by atoms with Crippen LogP contribution in [0.4, 0.5) is 0 Å². The van der Waals surface area contributed by atoms with E-state index in [0.29, 0.717) is 18.2 Å². The van der Waals surface area contributed by atoms with Crippen LogP contribution in [-0.2, 0) is 9.47 Å². The monoisotopic (exact) mass is 270 g/mol. The van der Waals surface area contributed by atoms with Crippen molar-refractivity contribution in [2.45, 2.75) is 50.8 Å². The molecule has 4 nitrogen and oxygen atoms in total. The van der Waals surface area contributed by atoms with Gasteiger partial charge >= 0.3 is 0 Å². The molecule has 1 saturated heterocycles. The van der Waals surface area contributed by atoms with Crippen LogP contribution in [0.5, 0.6) is 0 Å². The lowest BCUT2D eigenvalue weighted by Gasteiger charge is -2.47. The van der Waals surface area contributed by atoms with Gasteiger partial charge in [-0.2, -0.15) is 0 Å². The molecule has 0 amide bonds. The molecule has 1 heterocycles. The van der Waals surface area contributed by atoms with E-state index in [1.165, 1.54) is 19.3 Å². The van der Waals surface area contributed by atoms with Gasteiger partial charge in [0.2, 0.25) is 0 Å². The fourth-order valence-electron chi connectivity index (χ4n) is 3.34. The summed E-state index contributed by atoms with van der Waals surface area (Å²) in [5.74, 6) is 0.872. The normalized spacial score (nSPS) is 34.4. The molecule has 1 aliphatic carbocycles. The minimum Gasteiger partial charge on any atom is -0.382 e. The van der Waals surface area contributed by atoms with E-state index in [2.05, 4.69) is 24.1 Å². The van der Waals surface area contributed by atoms with Gasteiger partial charge in [0, 0.05) is 45.4 Å². The molecule has 3 unspecified atom stereocenters. The highest BCUT2D eigenvalue weighted by molar-refractivity contribution is 5.04. The fraction of sp³-hybridized carbons (Fsp3) is 1.00. The number of hydrogen-bond donors (Lipinski definition) is 1. The van der Waals surface area contributed by atoms with Crippen LogP contribution in [0.3, 0.4) is 0 Å². The zero-order valence-corrected chi connectivity index (χ0v) is 12.9. The Hall–Kier alpha value is -0.160. The summed E-state index contributed by atoms with van der Waals surface area (Å²) in [6.07, 6.45) is 4.15. The summed E-state index contributed by atoms with van der Waals surface area (Å²) in [7, 11) is 3.53. The van der Waals surface area contributed by atoms with Crippen LogP contribution in [0.2, 0.25) is 0 Å². The Balaban J connectivity index is 1.96. The molecule has 0 aromatic rings. The van der Waals surface area contributed by atoms with Crippen molar-refractivity contribution in [1.29, 1.82) is 0 Å². The highest BCUT2D eigenvalue weighted by atomic mass is 16.5. The SMILES string of the molecule is CCC1CNC(C)(C2CC2)CN1CC(COC)OC. The van der Waals surface area contributed by atoms with Gasteiger partial charge in [0.1, 0.15) is 0 Å². The second-order valence-corrected chi connectivity index (χ2v) is 6.38. The van der Waals surface area contributed by atoms with Gasteiger partial charge in [0.25, 0.3) is 0 Å². The summed E-state index contributed by atoms with van der Waals surface area (Å²) in [5.41, 5.74) is 0.303. The van der Waals surface area contributed by atoms with Gasteiger partial charge in [-0.15, -0.1) is 0 Å². The van der Waals surface area contributed by atoms with Crippen molar-refractivity contribution < 1.29 is 9.47 Å². The van der Waals surface area contributed by atoms with E-state index in [4.69, 9.17) is 9.47 Å². The predicted octanol–water partition coefficient (Wildman–Crippen LogP) is 1.50. The number of methoxy groups -OCH3 is 2. The maximum atomic E-state index is 5.54. The van der Waals surface area contributed by atoms with Gasteiger partial charge in [0.15, 0.2) is 0 Å². The number of ether oxygens (including phenoxy) is 2. The Morgan fingerprint density at radius 1 is 1.37 bits per heavy atom. The number of hydrogen-bond acceptors (Lipinski definition) is 4. The molecule has 2 aliphatic rings. The molecular formula is C15H30N2O2. The Morgan fingerprint density at radius 3 is 2.63 bits per heavy atom. The topological polar surface area (TPSA) is 33.7 Å². The van der Waals surface area contributed by atoms with Crippen molar-refractivity contribution >= 4 is 0 Å². The molecule has 0 radical (unpaired) electrons. The molecular weight excluding hydrogens is 240 g/mol. The quantitative estimate of drug-likeness (QED) is 0.760. The van der Waals surface area contributed by atoms with Crippen LogP contribution in [0.1, 0.15) is 33.1 Å². The fourth-order valence-corrected chi connectivity index (χ4v) is 3.34. The van der Waals surface area contributed by atoms with Crippen molar-refractivity contribution in [3.63, 3.8) is 0 Å². The molecule has 0 spiro atoms. The lowest BCUT2D eigenvalue weighted by atomic mass is 9.90. The molecule has 19 heavy (non-hydrogen) atoms. The van der Waals surface area contributed by atoms with E-state index in [9.17, 15) is 0 Å². The van der Waals surface area contributed by atoms with E-state index in [1.54, 1.807) is 14.2 Å².